The molecule has 8 aromatic rings. The van der Waals surface area contributed by atoms with Gasteiger partial charge in [0.05, 0.1) is 5.41 Å². The van der Waals surface area contributed by atoms with Gasteiger partial charge in [0.1, 0.15) is 0 Å². The Morgan fingerprint density at radius 1 is 0.391 bits per heavy atom. The zero-order valence-electron chi connectivity index (χ0n) is 24.9. The largest absolute Gasteiger partial charge is 0.0888 e. The SMILES string of the molecule is c1ccc2c(c1)Sc1cccc3cc(-c4cccc5c4C4(c6ccccc6-5)c5ccccc5-c5c4ccc4ccccc54)cc-2c13. The van der Waals surface area contributed by atoms with Crippen LogP contribution in [0.25, 0.3) is 66.1 Å². The molecule has 0 fully saturated rings. The Morgan fingerprint density at radius 2 is 1.04 bits per heavy atom. The van der Waals surface area contributed by atoms with E-state index in [1.54, 1.807) is 0 Å². The molecule has 46 heavy (non-hydrogen) atoms. The second-order valence-corrected chi connectivity index (χ2v) is 13.8. The molecule has 11 rings (SSSR count). The lowest BCUT2D eigenvalue weighted by atomic mass is 9.68. The van der Waals surface area contributed by atoms with Crippen molar-refractivity contribution in [2.45, 2.75) is 15.2 Å². The van der Waals surface area contributed by atoms with Crippen molar-refractivity contribution in [3.8, 4) is 44.5 Å². The first kappa shape index (κ1) is 24.9. The molecule has 0 radical (unpaired) electrons. The van der Waals surface area contributed by atoms with E-state index in [0.29, 0.717) is 0 Å². The molecule has 0 saturated carbocycles. The van der Waals surface area contributed by atoms with E-state index in [2.05, 4.69) is 158 Å². The lowest BCUT2D eigenvalue weighted by Crippen LogP contribution is -2.26. The summed E-state index contributed by atoms with van der Waals surface area (Å²) >= 11 is 1.89. The number of benzene rings is 8. The van der Waals surface area contributed by atoms with E-state index in [9.17, 15) is 0 Å². The van der Waals surface area contributed by atoms with Crippen LogP contribution in [0.2, 0.25) is 0 Å². The average Bonchev–Trinajstić information content (AvgIpc) is 3.59. The predicted molar refractivity (Wildman–Crippen MR) is 193 cm³/mol. The van der Waals surface area contributed by atoms with Gasteiger partial charge in [-0.25, -0.2) is 0 Å². The van der Waals surface area contributed by atoms with E-state index in [0.717, 1.165) is 0 Å². The summed E-state index contributed by atoms with van der Waals surface area (Å²) in [5, 5.41) is 5.27. The van der Waals surface area contributed by atoms with Crippen molar-refractivity contribution >= 4 is 33.3 Å². The molecule has 1 atom stereocenters. The minimum absolute atomic E-state index is 0.416. The topological polar surface area (TPSA) is 0 Å². The third-order valence-electron chi connectivity index (χ3n) is 10.6. The maximum atomic E-state index is 2.47. The quantitative estimate of drug-likeness (QED) is 0.181. The molecule has 0 saturated heterocycles. The van der Waals surface area contributed by atoms with Gasteiger partial charge in [0, 0.05) is 15.2 Å². The van der Waals surface area contributed by atoms with Crippen LogP contribution in [0.3, 0.4) is 0 Å². The Hall–Kier alpha value is -5.37. The molecule has 0 N–H and O–H groups in total. The van der Waals surface area contributed by atoms with Crippen molar-refractivity contribution in [1.82, 2.24) is 0 Å². The molecule has 0 aromatic heterocycles. The lowest BCUT2D eigenvalue weighted by molar-refractivity contribution is 0.796. The van der Waals surface area contributed by atoms with Gasteiger partial charge < -0.3 is 0 Å². The molecular formula is C45H26S. The van der Waals surface area contributed by atoms with Crippen molar-refractivity contribution in [2.24, 2.45) is 0 Å². The van der Waals surface area contributed by atoms with Crippen LogP contribution in [-0.4, -0.2) is 0 Å². The van der Waals surface area contributed by atoms with Crippen LogP contribution in [0.1, 0.15) is 22.3 Å². The number of rotatable bonds is 1. The van der Waals surface area contributed by atoms with Gasteiger partial charge in [-0.3, -0.25) is 0 Å². The summed E-state index contributed by atoms with van der Waals surface area (Å²) in [4.78, 5) is 2.66. The van der Waals surface area contributed by atoms with E-state index in [4.69, 9.17) is 0 Å². The fourth-order valence-corrected chi connectivity index (χ4v) is 10.1. The average molecular weight is 599 g/mol. The first-order valence-electron chi connectivity index (χ1n) is 16.0. The molecule has 1 heterocycles. The number of hydrogen-bond acceptors (Lipinski definition) is 1. The Balaban J connectivity index is 1.30. The smallest absolute Gasteiger partial charge is 0.0731 e. The van der Waals surface area contributed by atoms with Gasteiger partial charge in [-0.15, -0.1) is 0 Å². The second kappa shape index (κ2) is 8.88. The molecule has 2 aliphatic carbocycles. The summed E-state index contributed by atoms with van der Waals surface area (Å²) in [6.07, 6.45) is 0. The van der Waals surface area contributed by atoms with E-state index in [1.807, 2.05) is 11.8 Å². The van der Waals surface area contributed by atoms with Gasteiger partial charge in [0.2, 0.25) is 0 Å². The fourth-order valence-electron chi connectivity index (χ4n) is 8.95. The minimum Gasteiger partial charge on any atom is -0.0888 e. The maximum Gasteiger partial charge on any atom is 0.0731 e. The summed E-state index contributed by atoms with van der Waals surface area (Å²) in [7, 11) is 0. The monoisotopic (exact) mass is 598 g/mol. The lowest BCUT2D eigenvalue weighted by Gasteiger charge is -2.32. The van der Waals surface area contributed by atoms with Crippen LogP contribution in [0, 0.1) is 0 Å². The highest BCUT2D eigenvalue weighted by Crippen LogP contribution is 2.65. The van der Waals surface area contributed by atoms with Crippen molar-refractivity contribution in [1.29, 1.82) is 0 Å². The molecule has 212 valence electrons. The normalized spacial score (nSPS) is 16.3. The molecule has 1 unspecified atom stereocenters. The Morgan fingerprint density at radius 3 is 1.96 bits per heavy atom. The molecule has 1 spiro atoms. The predicted octanol–water partition coefficient (Wildman–Crippen LogP) is 12.1. The molecule has 8 aromatic carbocycles. The van der Waals surface area contributed by atoms with Crippen LogP contribution in [0.5, 0.6) is 0 Å². The molecule has 1 heteroatoms. The fraction of sp³-hybridized carbons (Fsp3) is 0.0222. The first-order chi connectivity index (χ1) is 22.8. The number of hydrogen-bond donors (Lipinski definition) is 0. The summed E-state index contributed by atoms with van der Waals surface area (Å²) in [6, 6.07) is 59.5. The van der Waals surface area contributed by atoms with E-state index in [-0.39, 0.29) is 0 Å². The summed E-state index contributed by atoms with van der Waals surface area (Å²) in [5.74, 6) is 0. The van der Waals surface area contributed by atoms with Crippen molar-refractivity contribution < 1.29 is 0 Å². The molecule has 0 nitrogen and oxygen atoms in total. The third-order valence-corrected chi connectivity index (χ3v) is 11.8. The van der Waals surface area contributed by atoms with Gasteiger partial charge >= 0.3 is 0 Å². The van der Waals surface area contributed by atoms with Crippen molar-refractivity contribution in [3.63, 3.8) is 0 Å². The minimum atomic E-state index is -0.416. The van der Waals surface area contributed by atoms with Crippen LogP contribution in [0.15, 0.2) is 168 Å². The second-order valence-electron chi connectivity index (χ2n) is 12.8. The van der Waals surface area contributed by atoms with Crippen LogP contribution in [0.4, 0.5) is 0 Å². The van der Waals surface area contributed by atoms with Crippen LogP contribution in [-0.2, 0) is 5.41 Å². The molecule has 0 bridgehead atoms. The van der Waals surface area contributed by atoms with Crippen LogP contribution >= 0.6 is 11.8 Å². The van der Waals surface area contributed by atoms with Crippen molar-refractivity contribution in [3.05, 3.63) is 180 Å². The maximum absolute atomic E-state index is 2.47. The zero-order chi connectivity index (χ0) is 30.0. The third kappa shape index (κ3) is 2.97. The highest BCUT2D eigenvalue weighted by molar-refractivity contribution is 7.99. The molecular weight excluding hydrogens is 573 g/mol. The van der Waals surface area contributed by atoms with E-state index >= 15 is 0 Å². The zero-order valence-corrected chi connectivity index (χ0v) is 25.7. The van der Waals surface area contributed by atoms with Gasteiger partial charge in [0.25, 0.3) is 0 Å². The molecule has 0 amide bonds. The standard InChI is InChI=1S/C45H26S/c1-2-13-30-27(11-1)23-24-39-43(30)35-16-4-7-20-38(35)45(39)37-19-6-3-14-32(37)34-18-10-17-31(44(34)45)29-25-28-12-9-22-41-42(28)36(26-29)33-15-5-8-21-40(33)46-41/h1-26H. The highest BCUT2D eigenvalue weighted by atomic mass is 32.2. The Kier molecular flexibility index (Phi) is 4.80. The Labute approximate surface area is 272 Å². The molecule has 3 aliphatic rings. The molecule has 1 aliphatic heterocycles. The van der Waals surface area contributed by atoms with Gasteiger partial charge in [0.15, 0.2) is 0 Å². The van der Waals surface area contributed by atoms with Crippen LogP contribution < -0.4 is 0 Å². The summed E-state index contributed by atoms with van der Waals surface area (Å²) in [5.41, 5.74) is 15.8. The van der Waals surface area contributed by atoms with Gasteiger partial charge in [-0.2, -0.15) is 0 Å². The number of fused-ring (bicyclic) bond motifs is 14. The highest BCUT2D eigenvalue weighted by Gasteiger charge is 2.53. The Bertz CT molecular complexity index is 2630. The van der Waals surface area contributed by atoms with Gasteiger partial charge in [-0.1, -0.05) is 145 Å². The van der Waals surface area contributed by atoms with Gasteiger partial charge in [-0.05, 0) is 107 Å². The van der Waals surface area contributed by atoms with E-state index < -0.39 is 5.41 Å². The first-order valence-corrected chi connectivity index (χ1v) is 16.8. The summed E-state index contributed by atoms with van der Waals surface area (Å²) < 4.78 is 0. The van der Waals surface area contributed by atoms with E-state index in [1.165, 1.54) is 98.1 Å². The van der Waals surface area contributed by atoms with Crippen molar-refractivity contribution in [2.75, 3.05) is 0 Å². The summed E-state index contributed by atoms with van der Waals surface area (Å²) in [6.45, 7) is 0.